The number of carbonyl (C=O) groups excluding carboxylic acids is 2. The largest absolute Gasteiger partial charge is 0.349 e. The first kappa shape index (κ1) is 22.3. The predicted molar refractivity (Wildman–Crippen MR) is 108 cm³/mol. The molecule has 0 aromatic carbocycles. The molecule has 0 bridgehead atoms. The van der Waals surface area contributed by atoms with Crippen molar-refractivity contribution in [2.24, 2.45) is 0 Å². The second-order valence-corrected chi connectivity index (χ2v) is 8.84. The van der Waals surface area contributed by atoms with Gasteiger partial charge in [0.1, 0.15) is 6.10 Å². The first-order valence-electron chi connectivity index (χ1n) is 10.3. The van der Waals surface area contributed by atoms with Gasteiger partial charge in [-0.2, -0.15) is 0 Å². The second-order valence-electron chi connectivity index (χ2n) is 7.43. The molecule has 9 heteroatoms. The van der Waals surface area contributed by atoms with Crippen molar-refractivity contribution in [3.05, 3.63) is 12.3 Å². The lowest BCUT2D eigenvalue weighted by atomic mass is 10.1. The number of ketones is 1. The Morgan fingerprint density at radius 1 is 1.45 bits per heavy atom. The first-order valence-corrected chi connectivity index (χ1v) is 10.8. The average Bonchev–Trinajstić information content (AvgIpc) is 2.97. The maximum absolute atomic E-state index is 15.4. The Morgan fingerprint density at radius 2 is 2.14 bits per heavy atom. The second kappa shape index (κ2) is 10.6. The van der Waals surface area contributed by atoms with Crippen LogP contribution >= 0.6 is 8.53 Å². The highest BCUT2D eigenvalue weighted by molar-refractivity contribution is 7.44. The molecule has 2 rings (SSSR count). The zero-order valence-corrected chi connectivity index (χ0v) is 18.2. The van der Waals surface area contributed by atoms with Crippen molar-refractivity contribution in [2.75, 3.05) is 6.61 Å². The van der Waals surface area contributed by atoms with E-state index in [1.807, 2.05) is 32.4 Å². The molecule has 0 aromatic heterocycles. The van der Waals surface area contributed by atoms with Gasteiger partial charge < -0.3 is 13.8 Å². The van der Waals surface area contributed by atoms with Gasteiger partial charge in [0.25, 0.3) is 8.53 Å². The van der Waals surface area contributed by atoms with E-state index in [0.717, 1.165) is 4.90 Å². The summed E-state index contributed by atoms with van der Waals surface area (Å²) in [6.45, 7) is 7.96. The minimum atomic E-state index is -1.70. The zero-order valence-electron chi connectivity index (χ0n) is 18.3. The van der Waals surface area contributed by atoms with Gasteiger partial charge in [0, 0.05) is 26.1 Å². The maximum Gasteiger partial charge on any atom is 0.259 e. The number of allylic oxidation sites excluding steroid dienone is 1. The molecular formula is C20H30FN2O5P. The lowest BCUT2D eigenvalue weighted by molar-refractivity contribution is -0.145. The van der Waals surface area contributed by atoms with Gasteiger partial charge in [-0.3, -0.25) is 14.5 Å². The Morgan fingerprint density at radius 3 is 2.69 bits per heavy atom. The number of hydrogen-bond acceptors (Lipinski definition) is 6. The van der Waals surface area contributed by atoms with Gasteiger partial charge in [-0.1, -0.05) is 0 Å². The highest BCUT2D eigenvalue weighted by atomic mass is 31.2. The van der Waals surface area contributed by atoms with Crippen LogP contribution in [0.15, 0.2) is 12.3 Å². The minimum Gasteiger partial charge on any atom is -0.349 e. The highest BCUT2D eigenvalue weighted by Crippen LogP contribution is 2.49. The number of terminal acetylenes is 1. The number of rotatable bonds is 9. The van der Waals surface area contributed by atoms with Gasteiger partial charge in [-0.15, -0.1) is 12.3 Å². The third kappa shape index (κ3) is 5.84. The van der Waals surface area contributed by atoms with Gasteiger partial charge in [-0.05, 0) is 40.7 Å². The van der Waals surface area contributed by atoms with Crippen LogP contribution in [-0.4, -0.2) is 64.6 Å². The quantitative estimate of drug-likeness (QED) is 0.243. The van der Waals surface area contributed by atoms with Crippen LogP contribution in [0.1, 0.15) is 48.8 Å². The molecule has 1 amide bonds. The lowest BCUT2D eigenvalue weighted by Crippen LogP contribution is -2.45. The van der Waals surface area contributed by atoms with Crippen molar-refractivity contribution in [1.29, 1.82) is 0 Å². The van der Waals surface area contributed by atoms with Crippen molar-refractivity contribution in [2.45, 2.75) is 84.1 Å². The molecule has 29 heavy (non-hydrogen) atoms. The topological polar surface area (TPSA) is 68.3 Å². The Kier molecular flexibility index (Phi) is 8.16. The first-order chi connectivity index (χ1) is 14.2. The van der Waals surface area contributed by atoms with Crippen LogP contribution in [0.3, 0.4) is 0 Å². The third-order valence-electron chi connectivity index (χ3n) is 4.48. The fraction of sp³-hybridized carbons (Fsp3) is 0.700. The Bertz CT molecular complexity index is 679. The fourth-order valence-electron chi connectivity index (χ4n) is 3.23. The molecule has 0 aromatic rings. The summed E-state index contributed by atoms with van der Waals surface area (Å²) in [5, 5.41) is 0. The molecule has 2 aliphatic rings. The number of carbonyl (C=O) groups is 2. The summed E-state index contributed by atoms with van der Waals surface area (Å²) < 4.78 is 42.8. The normalized spacial score (nSPS) is 29.1. The monoisotopic (exact) mass is 429 g/mol. The lowest BCUT2D eigenvalue weighted by Gasteiger charge is -2.37. The van der Waals surface area contributed by atoms with Crippen LogP contribution in [0.2, 0.25) is 0 Å². The predicted octanol–water partition coefficient (Wildman–Crippen LogP) is 3.16. The number of halogens is 1. The number of nitrogens with zero attached hydrogens (tertiary/aromatic N) is 2. The van der Waals surface area contributed by atoms with Crippen LogP contribution in [0, 0.1) is 12.3 Å². The van der Waals surface area contributed by atoms with Crippen LogP contribution in [0.4, 0.5) is 4.39 Å². The minimum absolute atomic E-state index is 0.0604. The van der Waals surface area contributed by atoms with Crippen molar-refractivity contribution < 1.29 is 29.1 Å². The van der Waals surface area contributed by atoms with E-state index in [-0.39, 0.29) is 37.8 Å². The van der Waals surface area contributed by atoms with Crippen LogP contribution in [0.5, 0.6) is 0 Å². The standard InChI is InChI=1S/C20H30FN2O5P/c1-7-8-11-26-29(23(13(2)3)14(4)5)28-19-15(6)27-20(18(19)21)22-10-9-16(24)12-17(22)25/h1,9-10,13-15,18-20H,8,11-12H2,2-6H3/i6D. The summed E-state index contributed by atoms with van der Waals surface area (Å²) in [5.41, 5.74) is 0. The summed E-state index contributed by atoms with van der Waals surface area (Å²) in [6.07, 6.45) is 2.88. The molecule has 5 atom stereocenters. The van der Waals surface area contributed by atoms with Crippen molar-refractivity contribution >= 4 is 20.2 Å². The molecule has 162 valence electrons. The van der Waals surface area contributed by atoms with Gasteiger partial charge >= 0.3 is 0 Å². The van der Waals surface area contributed by atoms with E-state index in [0.29, 0.717) is 6.42 Å². The van der Waals surface area contributed by atoms with Crippen LogP contribution < -0.4 is 0 Å². The summed E-state index contributed by atoms with van der Waals surface area (Å²) in [6, 6.07) is 0.121. The van der Waals surface area contributed by atoms with E-state index in [1.165, 1.54) is 12.3 Å². The van der Waals surface area contributed by atoms with E-state index < -0.39 is 39.0 Å². The smallest absolute Gasteiger partial charge is 0.259 e. The highest BCUT2D eigenvalue weighted by Gasteiger charge is 2.50. The number of hydrogen-bond donors (Lipinski definition) is 0. The van der Waals surface area contributed by atoms with Crippen LogP contribution in [-0.2, 0) is 23.4 Å². The van der Waals surface area contributed by atoms with Crippen molar-refractivity contribution in [1.82, 2.24) is 9.57 Å². The molecular weight excluding hydrogens is 398 g/mol. The summed E-state index contributed by atoms with van der Waals surface area (Å²) in [4.78, 5) is 24.7. The zero-order chi connectivity index (χ0) is 22.4. The molecule has 1 saturated heterocycles. The van der Waals surface area contributed by atoms with E-state index in [1.54, 1.807) is 0 Å². The molecule has 5 unspecified atom stereocenters. The molecule has 0 radical (unpaired) electrons. The number of amides is 1. The van der Waals surface area contributed by atoms with Crippen molar-refractivity contribution in [3.8, 4) is 12.3 Å². The fourth-order valence-corrected chi connectivity index (χ4v) is 4.99. The molecule has 0 saturated carbocycles. The third-order valence-corrected chi connectivity index (χ3v) is 6.61. The van der Waals surface area contributed by atoms with Gasteiger partial charge in [0.2, 0.25) is 5.91 Å². The average molecular weight is 429 g/mol. The van der Waals surface area contributed by atoms with E-state index >= 15 is 4.39 Å². The maximum atomic E-state index is 15.4. The van der Waals surface area contributed by atoms with Gasteiger partial charge in [0.15, 0.2) is 18.2 Å². The molecule has 0 spiro atoms. The van der Waals surface area contributed by atoms with Crippen molar-refractivity contribution in [3.63, 3.8) is 0 Å². The Hall–Kier alpha value is -1.36. The SMILES string of the molecule is [2H]CC1OC(N2C=CC(=O)CC2=O)C(F)C1OP(OCCC#C)N(C(C)C)C(C)C. The molecule has 1 fully saturated rings. The van der Waals surface area contributed by atoms with Gasteiger partial charge in [-0.25, -0.2) is 9.06 Å². The number of alkyl halides is 1. The molecule has 2 aliphatic heterocycles. The molecule has 0 N–H and O–H groups in total. The number of ether oxygens (including phenoxy) is 1. The van der Waals surface area contributed by atoms with Crippen LogP contribution in [0.25, 0.3) is 0 Å². The van der Waals surface area contributed by atoms with E-state index in [4.69, 9.17) is 21.6 Å². The van der Waals surface area contributed by atoms with Gasteiger partial charge in [0.05, 0.1) is 19.1 Å². The Labute approximate surface area is 174 Å². The molecule has 0 aliphatic carbocycles. The van der Waals surface area contributed by atoms with E-state index in [9.17, 15) is 9.59 Å². The van der Waals surface area contributed by atoms with E-state index in [2.05, 4.69) is 5.92 Å². The summed E-state index contributed by atoms with van der Waals surface area (Å²) in [7, 11) is -1.68. The summed E-state index contributed by atoms with van der Waals surface area (Å²) in [5.74, 6) is 1.62. The summed E-state index contributed by atoms with van der Waals surface area (Å²) >= 11 is 0. The molecule has 7 nitrogen and oxygen atoms in total. The Balaban J connectivity index is 2.22. The molecule has 2 heterocycles.